The SMILES string of the molecule is CCNC(=O)C(C)NCC1CCCC(F)(F)C1. The van der Waals surface area contributed by atoms with Crippen molar-refractivity contribution < 1.29 is 13.6 Å². The molecule has 0 heterocycles. The average molecular weight is 248 g/mol. The zero-order chi connectivity index (χ0) is 12.9. The molecule has 17 heavy (non-hydrogen) atoms. The lowest BCUT2D eigenvalue weighted by Crippen LogP contribution is -2.44. The zero-order valence-corrected chi connectivity index (χ0v) is 10.6. The second-order valence-electron chi connectivity index (χ2n) is 4.84. The van der Waals surface area contributed by atoms with Crippen LogP contribution in [0.1, 0.15) is 39.5 Å². The third kappa shape index (κ3) is 4.98. The van der Waals surface area contributed by atoms with Crippen LogP contribution in [0.5, 0.6) is 0 Å². The Morgan fingerprint density at radius 3 is 2.82 bits per heavy atom. The smallest absolute Gasteiger partial charge is 0.248 e. The summed E-state index contributed by atoms with van der Waals surface area (Å²) in [4.78, 5) is 11.4. The van der Waals surface area contributed by atoms with E-state index in [9.17, 15) is 13.6 Å². The fourth-order valence-electron chi connectivity index (χ4n) is 2.21. The Hall–Kier alpha value is -0.710. The second-order valence-corrected chi connectivity index (χ2v) is 4.84. The molecule has 0 radical (unpaired) electrons. The van der Waals surface area contributed by atoms with E-state index in [-0.39, 0.29) is 30.7 Å². The Bertz CT molecular complexity index is 259. The lowest BCUT2D eigenvalue weighted by molar-refractivity contribution is -0.122. The lowest BCUT2D eigenvalue weighted by atomic mass is 9.86. The van der Waals surface area contributed by atoms with Gasteiger partial charge < -0.3 is 10.6 Å². The molecule has 3 nitrogen and oxygen atoms in total. The number of rotatable bonds is 5. The first kappa shape index (κ1) is 14.4. The van der Waals surface area contributed by atoms with Crippen molar-refractivity contribution in [2.45, 2.75) is 51.5 Å². The minimum atomic E-state index is -2.51. The highest BCUT2D eigenvalue weighted by Crippen LogP contribution is 2.36. The summed E-state index contributed by atoms with van der Waals surface area (Å²) in [5, 5.41) is 5.73. The number of carbonyl (C=O) groups is 1. The largest absolute Gasteiger partial charge is 0.355 e. The zero-order valence-electron chi connectivity index (χ0n) is 10.6. The number of hydrogen-bond donors (Lipinski definition) is 2. The molecule has 0 aromatic carbocycles. The maximum atomic E-state index is 13.2. The second kappa shape index (κ2) is 6.28. The monoisotopic (exact) mass is 248 g/mol. The van der Waals surface area contributed by atoms with Gasteiger partial charge in [-0.3, -0.25) is 4.79 Å². The van der Waals surface area contributed by atoms with Crippen LogP contribution >= 0.6 is 0 Å². The third-order valence-corrected chi connectivity index (χ3v) is 3.20. The van der Waals surface area contributed by atoms with Crippen LogP contribution in [-0.4, -0.2) is 31.0 Å². The minimum Gasteiger partial charge on any atom is -0.355 e. The van der Waals surface area contributed by atoms with Gasteiger partial charge in [0.1, 0.15) is 0 Å². The molecule has 1 amide bonds. The van der Waals surface area contributed by atoms with Crippen molar-refractivity contribution >= 4 is 5.91 Å². The van der Waals surface area contributed by atoms with E-state index < -0.39 is 5.92 Å². The highest BCUT2D eigenvalue weighted by Gasteiger charge is 2.36. The molecule has 1 aliphatic carbocycles. The number of alkyl halides is 2. The molecule has 2 unspecified atom stereocenters. The van der Waals surface area contributed by atoms with Gasteiger partial charge in [0.2, 0.25) is 11.8 Å². The van der Waals surface area contributed by atoms with Crippen molar-refractivity contribution in [1.82, 2.24) is 10.6 Å². The molecule has 0 spiro atoms. The summed E-state index contributed by atoms with van der Waals surface area (Å²) in [5.74, 6) is -2.61. The fourth-order valence-corrected chi connectivity index (χ4v) is 2.21. The molecule has 0 aromatic rings. The number of halogens is 2. The third-order valence-electron chi connectivity index (χ3n) is 3.20. The molecule has 100 valence electrons. The van der Waals surface area contributed by atoms with Crippen LogP contribution in [-0.2, 0) is 4.79 Å². The topological polar surface area (TPSA) is 41.1 Å². The molecule has 2 N–H and O–H groups in total. The summed E-state index contributed by atoms with van der Waals surface area (Å²) in [6.07, 6.45) is 1.36. The molecule has 1 saturated carbocycles. The van der Waals surface area contributed by atoms with Gasteiger partial charge in [-0.15, -0.1) is 0 Å². The normalized spacial score (nSPS) is 25.3. The van der Waals surface area contributed by atoms with Gasteiger partial charge in [-0.05, 0) is 39.2 Å². The molecule has 0 aliphatic heterocycles. The number of nitrogens with one attached hydrogen (secondary N) is 2. The van der Waals surface area contributed by atoms with Gasteiger partial charge in [0.25, 0.3) is 0 Å². The quantitative estimate of drug-likeness (QED) is 0.780. The van der Waals surface area contributed by atoms with Gasteiger partial charge in [-0.1, -0.05) is 0 Å². The first-order chi connectivity index (χ1) is 7.94. The molecule has 2 atom stereocenters. The predicted molar refractivity (Wildman–Crippen MR) is 63.1 cm³/mol. The summed E-state index contributed by atoms with van der Waals surface area (Å²) in [6, 6.07) is -0.314. The lowest BCUT2D eigenvalue weighted by Gasteiger charge is -2.29. The minimum absolute atomic E-state index is 0.00930. The van der Waals surface area contributed by atoms with Crippen LogP contribution < -0.4 is 10.6 Å². The van der Waals surface area contributed by atoms with E-state index in [2.05, 4.69) is 10.6 Å². The van der Waals surface area contributed by atoms with Crippen molar-refractivity contribution in [3.8, 4) is 0 Å². The van der Waals surface area contributed by atoms with E-state index in [0.717, 1.165) is 6.42 Å². The van der Waals surface area contributed by atoms with E-state index in [4.69, 9.17) is 0 Å². The Kier molecular flexibility index (Phi) is 5.31. The molecule has 0 bridgehead atoms. The van der Waals surface area contributed by atoms with Gasteiger partial charge in [0, 0.05) is 19.4 Å². The number of carbonyl (C=O) groups excluding carboxylic acids is 1. The van der Waals surface area contributed by atoms with Crippen molar-refractivity contribution in [3.63, 3.8) is 0 Å². The molecule has 5 heteroatoms. The molecular weight excluding hydrogens is 226 g/mol. The summed E-state index contributed by atoms with van der Waals surface area (Å²) in [5.41, 5.74) is 0. The van der Waals surface area contributed by atoms with Crippen LogP contribution in [0.25, 0.3) is 0 Å². The highest BCUT2D eigenvalue weighted by atomic mass is 19.3. The van der Waals surface area contributed by atoms with E-state index in [1.54, 1.807) is 6.92 Å². The molecule has 0 aromatic heterocycles. The van der Waals surface area contributed by atoms with E-state index in [1.165, 1.54) is 0 Å². The maximum absolute atomic E-state index is 13.2. The first-order valence-electron chi connectivity index (χ1n) is 6.33. The molecule has 0 saturated heterocycles. The maximum Gasteiger partial charge on any atom is 0.248 e. The standard InChI is InChI=1S/C12H22F2N2O/c1-3-15-11(17)9(2)16-8-10-5-4-6-12(13,14)7-10/h9-10,16H,3-8H2,1-2H3,(H,15,17). The Labute approximate surface area is 101 Å². The van der Waals surface area contributed by atoms with Gasteiger partial charge in [-0.25, -0.2) is 8.78 Å². The number of likely N-dealkylation sites (N-methyl/N-ethyl adjacent to an activating group) is 1. The molecule has 1 fully saturated rings. The van der Waals surface area contributed by atoms with E-state index in [0.29, 0.717) is 19.5 Å². The molecular formula is C12H22F2N2O. The summed E-state index contributed by atoms with van der Waals surface area (Å²) >= 11 is 0. The van der Waals surface area contributed by atoms with Gasteiger partial charge in [0.05, 0.1) is 6.04 Å². The molecule has 1 aliphatic rings. The van der Waals surface area contributed by atoms with E-state index >= 15 is 0 Å². The number of hydrogen-bond acceptors (Lipinski definition) is 2. The van der Waals surface area contributed by atoms with Gasteiger partial charge in [-0.2, -0.15) is 0 Å². The summed E-state index contributed by atoms with van der Waals surface area (Å²) < 4.78 is 26.3. The van der Waals surface area contributed by atoms with Crippen molar-refractivity contribution in [1.29, 1.82) is 0 Å². The van der Waals surface area contributed by atoms with E-state index in [1.807, 2.05) is 6.92 Å². The van der Waals surface area contributed by atoms with Gasteiger partial charge >= 0.3 is 0 Å². The predicted octanol–water partition coefficient (Wildman–Crippen LogP) is 1.93. The van der Waals surface area contributed by atoms with Crippen molar-refractivity contribution in [2.24, 2.45) is 5.92 Å². The van der Waals surface area contributed by atoms with Crippen LogP contribution in [0.15, 0.2) is 0 Å². The van der Waals surface area contributed by atoms with Crippen LogP contribution in [0, 0.1) is 5.92 Å². The summed E-state index contributed by atoms with van der Waals surface area (Å²) in [6.45, 7) is 4.69. The Morgan fingerprint density at radius 2 is 2.24 bits per heavy atom. The number of amides is 1. The van der Waals surface area contributed by atoms with Crippen molar-refractivity contribution in [2.75, 3.05) is 13.1 Å². The fraction of sp³-hybridized carbons (Fsp3) is 0.917. The highest BCUT2D eigenvalue weighted by molar-refractivity contribution is 5.81. The van der Waals surface area contributed by atoms with Crippen molar-refractivity contribution in [3.05, 3.63) is 0 Å². The Morgan fingerprint density at radius 1 is 1.53 bits per heavy atom. The van der Waals surface area contributed by atoms with Crippen LogP contribution in [0.3, 0.4) is 0 Å². The van der Waals surface area contributed by atoms with Crippen LogP contribution in [0.4, 0.5) is 8.78 Å². The Balaban J connectivity index is 2.28. The van der Waals surface area contributed by atoms with Gasteiger partial charge in [0.15, 0.2) is 0 Å². The summed E-state index contributed by atoms with van der Waals surface area (Å²) in [7, 11) is 0. The average Bonchev–Trinajstić information content (AvgIpc) is 2.25. The van der Waals surface area contributed by atoms with Crippen LogP contribution in [0.2, 0.25) is 0 Å². The first-order valence-corrected chi connectivity index (χ1v) is 6.33. The molecule has 1 rings (SSSR count).